The number of hydrogen-bond donors (Lipinski definition) is 1. The smallest absolute Gasteiger partial charge is 0.0200 e. The Balaban J connectivity index is 2.33. The molecular weight excluding hydrogens is 202 g/mol. The third-order valence-electron chi connectivity index (χ3n) is 2.06. The number of hydrogen-bond acceptors (Lipinski definition) is 2. The van der Waals surface area contributed by atoms with E-state index in [2.05, 4.69) is 50.0 Å². The van der Waals surface area contributed by atoms with Gasteiger partial charge in [-0.1, -0.05) is 36.8 Å². The molecule has 0 spiro atoms. The lowest BCUT2D eigenvalue weighted by Crippen LogP contribution is -2.16. The van der Waals surface area contributed by atoms with Crippen molar-refractivity contribution in [3.8, 4) is 0 Å². The molecule has 0 aliphatic carbocycles. The lowest BCUT2D eigenvalue weighted by Gasteiger charge is -2.06. The summed E-state index contributed by atoms with van der Waals surface area (Å²) < 4.78 is 0. The fourth-order valence-corrected chi connectivity index (χ4v) is 2.16. The summed E-state index contributed by atoms with van der Waals surface area (Å²) in [6.07, 6.45) is 0. The van der Waals surface area contributed by atoms with E-state index in [1.54, 1.807) is 0 Å². The zero-order chi connectivity index (χ0) is 11.1. The van der Waals surface area contributed by atoms with Crippen molar-refractivity contribution in [3.63, 3.8) is 0 Å². The maximum Gasteiger partial charge on any atom is 0.0200 e. The normalized spacial score (nSPS) is 10.3. The van der Waals surface area contributed by atoms with Gasteiger partial charge in [-0.2, -0.15) is 0 Å². The molecule has 15 heavy (non-hydrogen) atoms. The number of thioether (sulfide) groups is 1. The molecule has 0 bridgehead atoms. The molecule has 0 atom stereocenters. The second kappa shape index (κ2) is 6.70. The molecule has 0 fully saturated rings. The van der Waals surface area contributed by atoms with Crippen molar-refractivity contribution in [1.82, 2.24) is 5.32 Å². The van der Waals surface area contributed by atoms with Crippen LogP contribution in [0.15, 0.2) is 41.3 Å². The Morgan fingerprint density at radius 1 is 1.47 bits per heavy atom. The first-order chi connectivity index (χ1) is 7.22. The number of benzene rings is 1. The summed E-state index contributed by atoms with van der Waals surface area (Å²) in [5.74, 6) is 0.996. The molecule has 0 heterocycles. The van der Waals surface area contributed by atoms with Gasteiger partial charge in [0.2, 0.25) is 0 Å². The van der Waals surface area contributed by atoms with Crippen molar-refractivity contribution in [3.05, 3.63) is 42.0 Å². The van der Waals surface area contributed by atoms with Gasteiger partial charge < -0.3 is 5.32 Å². The highest BCUT2D eigenvalue weighted by molar-refractivity contribution is 7.99. The van der Waals surface area contributed by atoms with Crippen LogP contribution >= 0.6 is 11.8 Å². The quantitative estimate of drug-likeness (QED) is 0.584. The monoisotopic (exact) mass is 221 g/mol. The highest BCUT2D eigenvalue weighted by Crippen LogP contribution is 2.20. The average Bonchev–Trinajstić information content (AvgIpc) is 2.23. The van der Waals surface area contributed by atoms with Crippen LogP contribution in [0.25, 0.3) is 0 Å². The van der Waals surface area contributed by atoms with Crippen molar-refractivity contribution in [1.29, 1.82) is 0 Å². The largest absolute Gasteiger partial charge is 0.313 e. The third-order valence-corrected chi connectivity index (χ3v) is 3.20. The molecule has 0 aliphatic heterocycles. The van der Waals surface area contributed by atoms with E-state index in [-0.39, 0.29) is 0 Å². The summed E-state index contributed by atoms with van der Waals surface area (Å²) in [7, 11) is 0. The van der Waals surface area contributed by atoms with Crippen LogP contribution in [0.2, 0.25) is 0 Å². The van der Waals surface area contributed by atoms with E-state index in [9.17, 15) is 0 Å². The molecule has 1 rings (SSSR count). The van der Waals surface area contributed by atoms with E-state index in [4.69, 9.17) is 0 Å². The van der Waals surface area contributed by atoms with Gasteiger partial charge >= 0.3 is 0 Å². The SMILES string of the molecule is C=C(CNCC)CSc1cccc(C)c1. The van der Waals surface area contributed by atoms with Gasteiger partial charge in [-0.15, -0.1) is 11.8 Å². The van der Waals surface area contributed by atoms with Crippen LogP contribution in [0.3, 0.4) is 0 Å². The molecule has 1 nitrogen and oxygen atoms in total. The van der Waals surface area contributed by atoms with Gasteiger partial charge in [0.25, 0.3) is 0 Å². The minimum absolute atomic E-state index is 0.926. The van der Waals surface area contributed by atoms with Crippen molar-refractivity contribution < 1.29 is 0 Å². The number of likely N-dealkylation sites (N-methyl/N-ethyl adjacent to an activating group) is 1. The molecule has 0 radical (unpaired) electrons. The summed E-state index contributed by atoms with van der Waals surface area (Å²) in [6.45, 7) is 10.2. The molecule has 0 aliphatic rings. The number of rotatable bonds is 6. The summed E-state index contributed by atoms with van der Waals surface area (Å²) in [4.78, 5) is 1.33. The van der Waals surface area contributed by atoms with Gasteiger partial charge in [0, 0.05) is 17.2 Å². The lowest BCUT2D eigenvalue weighted by molar-refractivity contribution is 0.779. The van der Waals surface area contributed by atoms with E-state index in [1.165, 1.54) is 16.0 Å². The van der Waals surface area contributed by atoms with E-state index < -0.39 is 0 Å². The molecule has 0 amide bonds. The van der Waals surface area contributed by atoms with Crippen LogP contribution in [0.4, 0.5) is 0 Å². The Morgan fingerprint density at radius 2 is 2.27 bits per heavy atom. The first kappa shape index (κ1) is 12.3. The van der Waals surface area contributed by atoms with Crippen LogP contribution in [-0.4, -0.2) is 18.8 Å². The van der Waals surface area contributed by atoms with Crippen LogP contribution < -0.4 is 5.32 Å². The summed E-state index contributed by atoms with van der Waals surface area (Å²) in [5, 5.41) is 3.28. The summed E-state index contributed by atoms with van der Waals surface area (Å²) >= 11 is 1.85. The van der Waals surface area contributed by atoms with Gasteiger partial charge in [0.05, 0.1) is 0 Å². The minimum atomic E-state index is 0.926. The first-order valence-electron chi connectivity index (χ1n) is 5.29. The molecule has 0 saturated carbocycles. The fourth-order valence-electron chi connectivity index (χ4n) is 1.24. The molecule has 0 aromatic heterocycles. The van der Waals surface area contributed by atoms with Crippen LogP contribution in [0, 0.1) is 6.92 Å². The van der Waals surface area contributed by atoms with Gasteiger partial charge in [-0.25, -0.2) is 0 Å². The van der Waals surface area contributed by atoms with Crippen molar-refractivity contribution >= 4 is 11.8 Å². The van der Waals surface area contributed by atoms with Crippen LogP contribution in [0.5, 0.6) is 0 Å². The van der Waals surface area contributed by atoms with Gasteiger partial charge in [-0.3, -0.25) is 0 Å². The summed E-state index contributed by atoms with van der Waals surface area (Å²) in [6, 6.07) is 8.59. The van der Waals surface area contributed by atoms with E-state index in [0.29, 0.717) is 0 Å². The molecule has 1 aromatic carbocycles. The second-order valence-corrected chi connectivity index (χ2v) is 4.68. The molecular formula is C13H19NS. The molecule has 82 valence electrons. The molecule has 1 aromatic rings. The van der Waals surface area contributed by atoms with Crippen LogP contribution in [0.1, 0.15) is 12.5 Å². The molecule has 0 unspecified atom stereocenters. The lowest BCUT2D eigenvalue weighted by atomic mass is 10.2. The Hall–Kier alpha value is -0.730. The van der Waals surface area contributed by atoms with Crippen molar-refractivity contribution in [2.24, 2.45) is 0 Å². The standard InChI is InChI=1S/C13H19NS/c1-4-14-9-12(3)10-15-13-7-5-6-11(2)8-13/h5-8,14H,3-4,9-10H2,1-2H3. The zero-order valence-corrected chi connectivity index (χ0v) is 10.4. The maximum absolute atomic E-state index is 4.05. The van der Waals surface area contributed by atoms with Crippen molar-refractivity contribution in [2.75, 3.05) is 18.8 Å². The number of aryl methyl sites for hydroxylation is 1. The van der Waals surface area contributed by atoms with E-state index in [1.807, 2.05) is 11.8 Å². The fraction of sp³-hybridized carbons (Fsp3) is 0.385. The Kier molecular flexibility index (Phi) is 5.51. The Bertz CT molecular complexity index is 320. The Labute approximate surface area is 97.0 Å². The van der Waals surface area contributed by atoms with Gasteiger partial charge in [-0.05, 0) is 25.6 Å². The first-order valence-corrected chi connectivity index (χ1v) is 6.27. The van der Waals surface area contributed by atoms with Gasteiger partial charge in [0.15, 0.2) is 0 Å². The number of nitrogens with one attached hydrogen (secondary N) is 1. The summed E-state index contributed by atoms with van der Waals surface area (Å²) in [5.41, 5.74) is 2.57. The topological polar surface area (TPSA) is 12.0 Å². The molecule has 2 heteroatoms. The average molecular weight is 221 g/mol. The molecule has 1 N–H and O–H groups in total. The highest BCUT2D eigenvalue weighted by Gasteiger charge is 1.97. The molecule has 0 saturated heterocycles. The Morgan fingerprint density at radius 3 is 2.93 bits per heavy atom. The second-order valence-electron chi connectivity index (χ2n) is 3.64. The predicted molar refractivity (Wildman–Crippen MR) is 69.6 cm³/mol. The highest BCUT2D eigenvalue weighted by atomic mass is 32.2. The van der Waals surface area contributed by atoms with Crippen LogP contribution in [-0.2, 0) is 0 Å². The van der Waals surface area contributed by atoms with Gasteiger partial charge in [0.1, 0.15) is 0 Å². The van der Waals surface area contributed by atoms with Crippen molar-refractivity contribution in [2.45, 2.75) is 18.7 Å². The third kappa shape index (κ3) is 5.05. The maximum atomic E-state index is 4.05. The predicted octanol–water partition coefficient (Wildman–Crippen LogP) is 3.25. The minimum Gasteiger partial charge on any atom is -0.313 e. The van der Waals surface area contributed by atoms with E-state index in [0.717, 1.165) is 18.8 Å². The zero-order valence-electron chi connectivity index (χ0n) is 9.55. The van der Waals surface area contributed by atoms with E-state index >= 15 is 0 Å².